The first-order valence-corrected chi connectivity index (χ1v) is 7.87. The largest absolute Gasteiger partial charge is 0.330 e. The van der Waals surface area contributed by atoms with Gasteiger partial charge in [-0.25, -0.2) is 0 Å². The molecule has 0 fully saturated rings. The second kappa shape index (κ2) is 6.25. The minimum absolute atomic E-state index is 0.361. The van der Waals surface area contributed by atoms with Crippen molar-refractivity contribution >= 4 is 22.5 Å². The first kappa shape index (κ1) is 14.7. The maximum absolute atomic E-state index is 9.21. The molecule has 1 heterocycles. The molecule has 0 saturated carbocycles. The van der Waals surface area contributed by atoms with Crippen LogP contribution in [0, 0.1) is 11.3 Å². The summed E-state index contributed by atoms with van der Waals surface area (Å²) in [5.41, 5.74) is 4.67. The molecule has 0 spiro atoms. The minimum atomic E-state index is 0.361. The number of hydrogen-bond donors (Lipinski definition) is 0. The van der Waals surface area contributed by atoms with Gasteiger partial charge < -0.3 is 4.57 Å². The van der Waals surface area contributed by atoms with Crippen molar-refractivity contribution in [1.82, 2.24) is 4.57 Å². The average molecular weight is 309 g/mol. The summed E-state index contributed by atoms with van der Waals surface area (Å²) in [5.74, 6) is 0. The van der Waals surface area contributed by atoms with Crippen LogP contribution >= 0.6 is 11.6 Å². The first-order valence-electron chi connectivity index (χ1n) is 7.49. The molecule has 3 aromatic rings. The Kier molecular flexibility index (Phi) is 4.18. The molecule has 0 radical (unpaired) electrons. The number of halogens is 1. The Balaban J connectivity index is 2.39. The van der Waals surface area contributed by atoms with E-state index in [4.69, 9.17) is 11.6 Å². The van der Waals surface area contributed by atoms with Gasteiger partial charge in [0, 0.05) is 27.2 Å². The summed E-state index contributed by atoms with van der Waals surface area (Å²) in [4.78, 5) is 0. The topological polar surface area (TPSA) is 28.7 Å². The van der Waals surface area contributed by atoms with Gasteiger partial charge in [-0.2, -0.15) is 5.26 Å². The summed E-state index contributed by atoms with van der Waals surface area (Å²) in [6.07, 6.45) is 1.98. The molecule has 0 aliphatic rings. The van der Waals surface area contributed by atoms with Gasteiger partial charge in [-0.1, -0.05) is 55.3 Å². The van der Waals surface area contributed by atoms with Gasteiger partial charge in [0.15, 0.2) is 0 Å². The van der Waals surface area contributed by atoms with Crippen LogP contribution in [-0.4, -0.2) is 4.57 Å². The van der Waals surface area contributed by atoms with Crippen LogP contribution in [0.25, 0.3) is 22.0 Å². The fraction of sp³-hybridized carbons (Fsp3) is 0.211. The number of rotatable bonds is 4. The molecule has 1 aromatic heterocycles. The highest BCUT2D eigenvalue weighted by molar-refractivity contribution is 6.31. The van der Waals surface area contributed by atoms with Crippen molar-refractivity contribution < 1.29 is 0 Å². The number of hydrogen-bond acceptors (Lipinski definition) is 1. The highest BCUT2D eigenvalue weighted by Crippen LogP contribution is 2.37. The maximum Gasteiger partial charge on any atom is 0.110 e. The van der Waals surface area contributed by atoms with Gasteiger partial charge >= 0.3 is 0 Å². The van der Waals surface area contributed by atoms with E-state index in [0.29, 0.717) is 6.54 Å². The highest BCUT2D eigenvalue weighted by Gasteiger charge is 2.17. The number of benzene rings is 2. The second-order valence-electron chi connectivity index (χ2n) is 5.34. The third kappa shape index (κ3) is 2.49. The van der Waals surface area contributed by atoms with E-state index in [9.17, 15) is 5.26 Å². The Hall–Kier alpha value is -2.24. The van der Waals surface area contributed by atoms with Gasteiger partial charge in [-0.05, 0) is 30.2 Å². The Labute approximate surface area is 135 Å². The summed E-state index contributed by atoms with van der Waals surface area (Å²) < 4.78 is 2.12. The number of fused-ring (bicyclic) bond motifs is 1. The van der Waals surface area contributed by atoms with Gasteiger partial charge in [0.2, 0.25) is 0 Å². The number of nitriles is 1. The van der Waals surface area contributed by atoms with Crippen molar-refractivity contribution in [2.45, 2.75) is 26.3 Å². The van der Waals surface area contributed by atoms with Crippen LogP contribution in [-0.2, 0) is 13.0 Å². The SMILES string of the molecule is CCCc1c(-c2ccccc2)c2cc(Cl)ccc2n1CC#N. The van der Waals surface area contributed by atoms with Crippen LogP contribution in [0.5, 0.6) is 0 Å². The summed E-state index contributed by atoms with van der Waals surface area (Å²) in [6.45, 7) is 2.52. The van der Waals surface area contributed by atoms with Crippen molar-refractivity contribution in [3.05, 3.63) is 59.2 Å². The molecule has 22 heavy (non-hydrogen) atoms. The van der Waals surface area contributed by atoms with Crippen LogP contribution in [0.15, 0.2) is 48.5 Å². The lowest BCUT2D eigenvalue weighted by atomic mass is 10.00. The molecule has 0 amide bonds. The predicted molar refractivity (Wildman–Crippen MR) is 92.0 cm³/mol. The van der Waals surface area contributed by atoms with Gasteiger partial charge in [0.1, 0.15) is 6.54 Å². The Morgan fingerprint density at radius 1 is 1.14 bits per heavy atom. The molecule has 3 rings (SSSR count). The lowest BCUT2D eigenvalue weighted by molar-refractivity contribution is 0.767. The third-order valence-electron chi connectivity index (χ3n) is 3.91. The Morgan fingerprint density at radius 3 is 2.59 bits per heavy atom. The molecular formula is C19H17ClN2. The van der Waals surface area contributed by atoms with E-state index in [1.807, 2.05) is 36.4 Å². The van der Waals surface area contributed by atoms with Crippen LogP contribution in [0.1, 0.15) is 19.0 Å². The third-order valence-corrected chi connectivity index (χ3v) is 4.15. The fourth-order valence-electron chi connectivity index (χ4n) is 3.05. The molecule has 0 aliphatic carbocycles. The lowest BCUT2D eigenvalue weighted by Gasteiger charge is -2.08. The molecule has 2 nitrogen and oxygen atoms in total. The Bertz CT molecular complexity index is 841. The summed E-state index contributed by atoms with van der Waals surface area (Å²) in [6, 6.07) is 18.5. The summed E-state index contributed by atoms with van der Waals surface area (Å²) >= 11 is 6.22. The standard InChI is InChI=1S/C19H17ClN2/c1-2-6-18-19(14-7-4-3-5-8-14)16-13-15(20)9-10-17(16)22(18)12-11-21/h3-5,7-10,13H,2,6,12H2,1H3. The smallest absolute Gasteiger partial charge is 0.110 e. The van der Waals surface area contributed by atoms with E-state index in [-0.39, 0.29) is 0 Å². The Morgan fingerprint density at radius 2 is 1.91 bits per heavy atom. The molecule has 0 bridgehead atoms. The summed E-state index contributed by atoms with van der Waals surface area (Å²) in [5, 5.41) is 11.1. The minimum Gasteiger partial charge on any atom is -0.330 e. The average Bonchev–Trinajstić information content (AvgIpc) is 2.82. The molecule has 0 unspecified atom stereocenters. The van der Waals surface area contributed by atoms with Crippen LogP contribution in [0.2, 0.25) is 5.02 Å². The molecule has 110 valence electrons. The second-order valence-corrected chi connectivity index (χ2v) is 5.78. The van der Waals surface area contributed by atoms with E-state index in [0.717, 1.165) is 28.8 Å². The van der Waals surface area contributed by atoms with Crippen LogP contribution in [0.3, 0.4) is 0 Å². The molecule has 0 N–H and O–H groups in total. The van der Waals surface area contributed by atoms with E-state index >= 15 is 0 Å². The first-order chi connectivity index (χ1) is 10.8. The van der Waals surface area contributed by atoms with Gasteiger partial charge in [-0.15, -0.1) is 0 Å². The quantitative estimate of drug-likeness (QED) is 0.631. The molecular weight excluding hydrogens is 292 g/mol. The van der Waals surface area contributed by atoms with Crippen LogP contribution in [0.4, 0.5) is 0 Å². The van der Waals surface area contributed by atoms with Crippen molar-refractivity contribution in [2.75, 3.05) is 0 Å². The lowest BCUT2D eigenvalue weighted by Crippen LogP contribution is -2.02. The summed E-state index contributed by atoms with van der Waals surface area (Å²) in [7, 11) is 0. The molecule has 0 saturated heterocycles. The maximum atomic E-state index is 9.21. The van der Waals surface area contributed by atoms with E-state index in [1.54, 1.807) is 0 Å². The monoisotopic (exact) mass is 308 g/mol. The zero-order chi connectivity index (χ0) is 15.5. The normalized spacial score (nSPS) is 10.8. The zero-order valence-corrected chi connectivity index (χ0v) is 13.3. The molecule has 2 aromatic carbocycles. The number of aromatic nitrogens is 1. The van der Waals surface area contributed by atoms with Gasteiger partial charge in [0.25, 0.3) is 0 Å². The zero-order valence-electron chi connectivity index (χ0n) is 12.5. The molecule has 3 heteroatoms. The van der Waals surface area contributed by atoms with E-state index in [2.05, 4.69) is 29.7 Å². The van der Waals surface area contributed by atoms with Gasteiger partial charge in [-0.3, -0.25) is 0 Å². The van der Waals surface area contributed by atoms with Crippen molar-refractivity contribution in [1.29, 1.82) is 5.26 Å². The number of nitrogens with zero attached hydrogens (tertiary/aromatic N) is 2. The molecule has 0 atom stereocenters. The van der Waals surface area contributed by atoms with E-state index in [1.165, 1.54) is 16.8 Å². The van der Waals surface area contributed by atoms with Crippen LogP contribution < -0.4 is 0 Å². The highest BCUT2D eigenvalue weighted by atomic mass is 35.5. The van der Waals surface area contributed by atoms with Crippen molar-refractivity contribution in [3.63, 3.8) is 0 Å². The fourth-order valence-corrected chi connectivity index (χ4v) is 3.23. The van der Waals surface area contributed by atoms with Crippen molar-refractivity contribution in [3.8, 4) is 17.2 Å². The predicted octanol–water partition coefficient (Wildman–Crippen LogP) is 5.44. The van der Waals surface area contributed by atoms with E-state index < -0.39 is 0 Å². The van der Waals surface area contributed by atoms with Gasteiger partial charge in [0.05, 0.1) is 6.07 Å². The van der Waals surface area contributed by atoms with Crippen molar-refractivity contribution in [2.24, 2.45) is 0 Å². The molecule has 0 aliphatic heterocycles.